The summed E-state index contributed by atoms with van der Waals surface area (Å²) in [5.41, 5.74) is 2.32. The van der Waals surface area contributed by atoms with Crippen LogP contribution in [0.4, 0.5) is 10.5 Å². The van der Waals surface area contributed by atoms with Gasteiger partial charge in [-0.2, -0.15) is 5.10 Å². The number of likely N-dealkylation sites (tertiary alicyclic amines) is 1. The number of aliphatic hydroxyl groups excluding tert-OH is 1. The molecular formula is C17H19N7O2. The quantitative estimate of drug-likeness (QED) is 0.737. The topological polar surface area (TPSA) is 101 Å². The lowest BCUT2D eigenvalue weighted by Gasteiger charge is -2.18. The van der Waals surface area contributed by atoms with Crippen LogP contribution in [0.15, 0.2) is 48.9 Å². The highest BCUT2D eigenvalue weighted by molar-refractivity contribution is 5.91. The second-order valence-electron chi connectivity index (χ2n) is 6.27. The van der Waals surface area contributed by atoms with Crippen LogP contribution < -0.4 is 5.32 Å². The molecule has 3 heterocycles. The van der Waals surface area contributed by atoms with Gasteiger partial charge in [-0.15, -0.1) is 5.10 Å². The fourth-order valence-corrected chi connectivity index (χ4v) is 3.11. The van der Waals surface area contributed by atoms with Gasteiger partial charge in [0.05, 0.1) is 42.0 Å². The highest BCUT2D eigenvalue weighted by atomic mass is 16.3. The maximum atomic E-state index is 12.7. The van der Waals surface area contributed by atoms with Crippen molar-refractivity contribution in [2.75, 3.05) is 18.4 Å². The fourth-order valence-electron chi connectivity index (χ4n) is 3.11. The maximum Gasteiger partial charge on any atom is 0.322 e. The van der Waals surface area contributed by atoms with E-state index in [1.165, 1.54) is 0 Å². The van der Waals surface area contributed by atoms with Crippen molar-refractivity contribution in [3.8, 4) is 5.69 Å². The van der Waals surface area contributed by atoms with Gasteiger partial charge in [-0.3, -0.25) is 0 Å². The molecule has 0 aliphatic carbocycles. The number of rotatable bonds is 3. The molecule has 2 atom stereocenters. The Bertz CT molecular complexity index is 905. The summed E-state index contributed by atoms with van der Waals surface area (Å²) >= 11 is 0. The van der Waals surface area contributed by atoms with Gasteiger partial charge in [0.25, 0.3) is 0 Å². The van der Waals surface area contributed by atoms with Gasteiger partial charge in [-0.05, 0) is 25.1 Å². The van der Waals surface area contributed by atoms with E-state index in [1.807, 2.05) is 43.5 Å². The Morgan fingerprint density at radius 3 is 2.81 bits per heavy atom. The number of carbonyl (C=O) groups excluding carboxylic acids is 1. The Morgan fingerprint density at radius 1 is 1.23 bits per heavy atom. The number of anilines is 1. The van der Waals surface area contributed by atoms with Crippen molar-refractivity contribution in [3.05, 3.63) is 54.6 Å². The standard InChI is InChI=1S/C17H19N7O2/c1-12-6-8-23(20-12)14-5-3-2-4-13(14)19-17(26)22-10-15(16(25)11-22)24-9-7-18-21-24/h2-9,15-16,25H,10-11H2,1H3,(H,19,26)/t15-,16-/m1/s1. The lowest BCUT2D eigenvalue weighted by Crippen LogP contribution is -2.34. The number of amides is 2. The molecule has 0 saturated carbocycles. The molecule has 2 N–H and O–H groups in total. The summed E-state index contributed by atoms with van der Waals surface area (Å²) in [6.07, 6.45) is 4.40. The number of carbonyl (C=O) groups is 1. The van der Waals surface area contributed by atoms with Crippen LogP contribution in [0.1, 0.15) is 11.7 Å². The molecule has 0 spiro atoms. The summed E-state index contributed by atoms with van der Waals surface area (Å²) in [7, 11) is 0. The number of aromatic nitrogens is 5. The molecule has 1 fully saturated rings. The summed E-state index contributed by atoms with van der Waals surface area (Å²) < 4.78 is 3.31. The van der Waals surface area contributed by atoms with E-state index in [0.717, 1.165) is 11.4 Å². The van der Waals surface area contributed by atoms with E-state index < -0.39 is 6.10 Å². The predicted octanol–water partition coefficient (Wildman–Crippen LogP) is 1.22. The number of β-amino-alcohol motifs (C(OH)–C–C–N with tert-alkyl or cyclic N) is 1. The van der Waals surface area contributed by atoms with Crippen LogP contribution in [0, 0.1) is 6.92 Å². The van der Waals surface area contributed by atoms with Crippen LogP contribution >= 0.6 is 0 Å². The number of nitrogens with one attached hydrogen (secondary N) is 1. The number of hydrogen-bond donors (Lipinski definition) is 2. The van der Waals surface area contributed by atoms with Gasteiger partial charge in [0, 0.05) is 18.9 Å². The van der Waals surface area contributed by atoms with E-state index in [9.17, 15) is 9.90 Å². The molecule has 0 unspecified atom stereocenters. The number of urea groups is 1. The fraction of sp³-hybridized carbons (Fsp3) is 0.294. The number of hydrogen-bond acceptors (Lipinski definition) is 5. The van der Waals surface area contributed by atoms with Gasteiger partial charge >= 0.3 is 6.03 Å². The molecule has 26 heavy (non-hydrogen) atoms. The zero-order valence-electron chi connectivity index (χ0n) is 14.2. The van der Waals surface area contributed by atoms with Crippen molar-refractivity contribution in [1.82, 2.24) is 29.7 Å². The average molecular weight is 353 g/mol. The minimum absolute atomic E-state index is 0.236. The number of nitrogens with zero attached hydrogens (tertiary/aromatic N) is 6. The highest BCUT2D eigenvalue weighted by Gasteiger charge is 2.36. The second kappa shape index (κ2) is 6.60. The third-order valence-corrected chi connectivity index (χ3v) is 4.44. The molecule has 0 bridgehead atoms. The van der Waals surface area contributed by atoms with Crippen molar-refractivity contribution >= 4 is 11.7 Å². The molecule has 1 saturated heterocycles. The van der Waals surface area contributed by atoms with Gasteiger partial charge in [0.15, 0.2) is 0 Å². The smallest absolute Gasteiger partial charge is 0.322 e. The monoisotopic (exact) mass is 353 g/mol. The van der Waals surface area contributed by atoms with Crippen molar-refractivity contribution in [2.45, 2.75) is 19.1 Å². The molecular weight excluding hydrogens is 334 g/mol. The first kappa shape index (κ1) is 16.3. The van der Waals surface area contributed by atoms with Crippen LogP contribution in [-0.4, -0.2) is 60.0 Å². The Morgan fingerprint density at radius 2 is 2.08 bits per heavy atom. The average Bonchev–Trinajstić information content (AvgIpc) is 3.36. The maximum absolute atomic E-state index is 12.7. The molecule has 1 aliphatic rings. The Labute approximate surface area is 149 Å². The van der Waals surface area contributed by atoms with E-state index >= 15 is 0 Å². The number of para-hydroxylation sites is 2. The summed E-state index contributed by atoms with van der Waals surface area (Å²) in [6.45, 7) is 2.51. The van der Waals surface area contributed by atoms with E-state index in [4.69, 9.17) is 0 Å². The van der Waals surface area contributed by atoms with Crippen LogP contribution in [0.5, 0.6) is 0 Å². The van der Waals surface area contributed by atoms with Crippen LogP contribution in [0.2, 0.25) is 0 Å². The largest absolute Gasteiger partial charge is 0.389 e. The van der Waals surface area contributed by atoms with Gasteiger partial charge in [0.2, 0.25) is 0 Å². The van der Waals surface area contributed by atoms with Crippen molar-refractivity contribution in [3.63, 3.8) is 0 Å². The molecule has 2 amide bonds. The van der Waals surface area contributed by atoms with E-state index in [2.05, 4.69) is 20.7 Å². The van der Waals surface area contributed by atoms with Gasteiger partial charge in [-0.25, -0.2) is 14.2 Å². The first-order valence-electron chi connectivity index (χ1n) is 8.33. The summed E-state index contributed by atoms with van der Waals surface area (Å²) in [6, 6.07) is 8.79. The number of benzene rings is 1. The minimum atomic E-state index is -0.688. The van der Waals surface area contributed by atoms with Gasteiger partial charge < -0.3 is 15.3 Å². The first-order chi connectivity index (χ1) is 12.6. The highest BCUT2D eigenvalue weighted by Crippen LogP contribution is 2.24. The van der Waals surface area contributed by atoms with E-state index in [1.54, 1.807) is 26.7 Å². The molecule has 9 nitrogen and oxygen atoms in total. The number of aliphatic hydroxyl groups is 1. The molecule has 4 rings (SSSR count). The Hall–Kier alpha value is -3.20. The molecule has 9 heteroatoms. The lowest BCUT2D eigenvalue weighted by atomic mass is 10.2. The van der Waals surface area contributed by atoms with Crippen LogP contribution in [-0.2, 0) is 0 Å². The normalized spacial score (nSPS) is 19.7. The van der Waals surface area contributed by atoms with E-state index in [-0.39, 0.29) is 18.6 Å². The third-order valence-electron chi connectivity index (χ3n) is 4.44. The second-order valence-corrected chi connectivity index (χ2v) is 6.27. The molecule has 1 aromatic carbocycles. The molecule has 134 valence electrons. The van der Waals surface area contributed by atoms with E-state index in [0.29, 0.717) is 12.2 Å². The van der Waals surface area contributed by atoms with Crippen molar-refractivity contribution < 1.29 is 9.90 Å². The van der Waals surface area contributed by atoms with Crippen molar-refractivity contribution in [1.29, 1.82) is 0 Å². The molecule has 3 aromatic rings. The van der Waals surface area contributed by atoms with Crippen molar-refractivity contribution in [2.24, 2.45) is 0 Å². The SMILES string of the molecule is Cc1ccn(-c2ccccc2NC(=O)N2C[C@@H](O)[C@H](n3ccnn3)C2)n1. The zero-order chi connectivity index (χ0) is 18.1. The minimum Gasteiger partial charge on any atom is -0.389 e. The van der Waals surface area contributed by atoms with Gasteiger partial charge in [-0.1, -0.05) is 17.3 Å². The zero-order valence-corrected chi connectivity index (χ0v) is 14.2. The van der Waals surface area contributed by atoms with Crippen LogP contribution in [0.25, 0.3) is 5.69 Å². The lowest BCUT2D eigenvalue weighted by molar-refractivity contribution is 0.139. The van der Waals surface area contributed by atoms with Crippen LogP contribution in [0.3, 0.4) is 0 Å². The third kappa shape index (κ3) is 3.04. The molecule has 0 radical (unpaired) electrons. The Kier molecular flexibility index (Phi) is 4.13. The Balaban J connectivity index is 1.51. The molecule has 1 aliphatic heterocycles. The molecule has 2 aromatic heterocycles. The number of aryl methyl sites for hydroxylation is 1. The first-order valence-corrected chi connectivity index (χ1v) is 8.33. The summed E-state index contributed by atoms with van der Waals surface area (Å²) in [5, 5.41) is 25.2. The predicted molar refractivity (Wildman–Crippen MR) is 94.0 cm³/mol. The summed E-state index contributed by atoms with van der Waals surface area (Å²) in [5.74, 6) is 0. The van der Waals surface area contributed by atoms with Gasteiger partial charge in [0.1, 0.15) is 0 Å². The summed E-state index contributed by atoms with van der Waals surface area (Å²) in [4.78, 5) is 14.3.